The van der Waals surface area contributed by atoms with Crippen molar-refractivity contribution in [1.29, 1.82) is 0 Å². The number of carbonyl (C=O) groups is 2. The molecule has 0 spiro atoms. The van der Waals surface area contributed by atoms with Crippen molar-refractivity contribution in [3.05, 3.63) is 0 Å². The Morgan fingerprint density at radius 1 is 1.53 bits per heavy atom. The van der Waals surface area contributed by atoms with Gasteiger partial charge in [-0.1, -0.05) is 13.8 Å². The molecule has 1 saturated heterocycles. The Hall–Kier alpha value is -0.170. The van der Waals surface area contributed by atoms with E-state index in [0.29, 0.717) is 0 Å². The van der Waals surface area contributed by atoms with E-state index in [2.05, 4.69) is 31.9 Å². The van der Waals surface area contributed by atoms with Crippen molar-refractivity contribution in [3.63, 3.8) is 0 Å². The van der Waals surface area contributed by atoms with E-state index in [1.165, 1.54) is 0 Å². The molecule has 17 heavy (non-hydrogen) atoms. The summed E-state index contributed by atoms with van der Waals surface area (Å²) in [6, 6.07) is -0.507. The van der Waals surface area contributed by atoms with Crippen LogP contribution in [0.25, 0.3) is 0 Å². The minimum atomic E-state index is -2.45. The van der Waals surface area contributed by atoms with Crippen molar-refractivity contribution in [2.24, 2.45) is 5.92 Å². The van der Waals surface area contributed by atoms with E-state index in [1.807, 2.05) is 13.8 Å². The maximum atomic E-state index is 13.5. The summed E-state index contributed by atoms with van der Waals surface area (Å²) in [6.07, 6.45) is -0.820. The molecule has 1 heterocycles. The number of halogens is 3. The van der Waals surface area contributed by atoms with Crippen molar-refractivity contribution in [3.8, 4) is 0 Å². The Morgan fingerprint density at radius 2 is 2.00 bits per heavy atom. The van der Waals surface area contributed by atoms with E-state index in [9.17, 15) is 14.0 Å². The van der Waals surface area contributed by atoms with Crippen LogP contribution in [0.15, 0.2) is 0 Å². The number of rotatable bonds is 2. The fourth-order valence-electron chi connectivity index (χ4n) is 2.21. The molecule has 0 unspecified atom stereocenters. The van der Waals surface area contributed by atoms with E-state index in [-0.39, 0.29) is 5.92 Å². The number of amides is 2. The van der Waals surface area contributed by atoms with Crippen LogP contribution in [0.3, 0.4) is 0 Å². The molecule has 0 bridgehead atoms. The molecule has 1 aliphatic rings. The fourth-order valence-corrected chi connectivity index (χ4v) is 2.59. The minimum absolute atomic E-state index is 0.0391. The Morgan fingerprint density at radius 3 is 2.35 bits per heavy atom. The standard InChI is InChI=1S/C10H14Br2FNO3/c1-5(2)6-9(3,4)17-8(16)14(6)7(15)10(11,12)13/h5-6H,1-4H3/t6-/m0/s1. The zero-order valence-corrected chi connectivity index (χ0v) is 13.1. The van der Waals surface area contributed by atoms with Crippen LogP contribution in [0.1, 0.15) is 27.7 Å². The van der Waals surface area contributed by atoms with Gasteiger partial charge in [0.1, 0.15) is 5.60 Å². The van der Waals surface area contributed by atoms with Crippen molar-refractivity contribution in [1.82, 2.24) is 4.90 Å². The lowest BCUT2D eigenvalue weighted by Crippen LogP contribution is -2.51. The molecule has 1 fully saturated rings. The Bertz CT molecular complexity index is 352. The van der Waals surface area contributed by atoms with Crippen molar-refractivity contribution < 1.29 is 18.7 Å². The molecule has 4 nitrogen and oxygen atoms in total. The van der Waals surface area contributed by atoms with Gasteiger partial charge in [0.2, 0.25) is 0 Å². The second-order valence-electron chi connectivity index (χ2n) is 4.83. The smallest absolute Gasteiger partial charge is 0.417 e. The first-order valence-corrected chi connectivity index (χ1v) is 6.70. The van der Waals surface area contributed by atoms with Gasteiger partial charge in [-0.15, -0.1) is 0 Å². The fraction of sp³-hybridized carbons (Fsp3) is 0.800. The second kappa shape index (κ2) is 4.50. The average Bonchev–Trinajstić information content (AvgIpc) is 2.31. The third-order valence-electron chi connectivity index (χ3n) is 2.63. The van der Waals surface area contributed by atoms with Crippen LogP contribution in [0.5, 0.6) is 0 Å². The number of imide groups is 1. The Kier molecular flexibility index (Phi) is 3.94. The van der Waals surface area contributed by atoms with Gasteiger partial charge in [-0.2, -0.15) is 0 Å². The number of alkyl halides is 3. The van der Waals surface area contributed by atoms with Gasteiger partial charge in [-0.25, -0.2) is 14.1 Å². The van der Waals surface area contributed by atoms with Gasteiger partial charge in [0.05, 0.1) is 6.04 Å². The molecule has 1 rings (SSSR count). The number of cyclic esters (lactones) is 1. The lowest BCUT2D eigenvalue weighted by Gasteiger charge is -2.31. The van der Waals surface area contributed by atoms with Crippen LogP contribution in [0.2, 0.25) is 0 Å². The maximum Gasteiger partial charge on any atom is 0.417 e. The normalized spacial score (nSPS) is 24.1. The first-order chi connectivity index (χ1) is 7.48. The highest BCUT2D eigenvalue weighted by Gasteiger charge is 2.55. The molecule has 0 aromatic rings. The number of ether oxygens (including phenoxy) is 1. The Balaban J connectivity index is 3.13. The summed E-state index contributed by atoms with van der Waals surface area (Å²) in [4.78, 5) is 24.3. The molecular weight excluding hydrogens is 361 g/mol. The summed E-state index contributed by atoms with van der Waals surface area (Å²) in [5, 5.41) is 0. The minimum Gasteiger partial charge on any atom is -0.441 e. The van der Waals surface area contributed by atoms with Crippen LogP contribution >= 0.6 is 31.9 Å². The summed E-state index contributed by atoms with van der Waals surface area (Å²) in [5.74, 6) is -1.05. The average molecular weight is 375 g/mol. The van der Waals surface area contributed by atoms with Crippen molar-refractivity contribution in [2.75, 3.05) is 0 Å². The van der Waals surface area contributed by atoms with Crippen LogP contribution < -0.4 is 0 Å². The molecule has 7 heteroatoms. The van der Waals surface area contributed by atoms with Gasteiger partial charge < -0.3 is 4.74 Å². The Labute approximate surface area is 116 Å². The van der Waals surface area contributed by atoms with Crippen LogP contribution in [-0.2, 0) is 9.53 Å². The van der Waals surface area contributed by atoms with Crippen molar-refractivity contribution in [2.45, 2.75) is 42.8 Å². The van der Waals surface area contributed by atoms with E-state index in [4.69, 9.17) is 4.74 Å². The predicted molar refractivity (Wildman–Crippen MR) is 67.7 cm³/mol. The highest BCUT2D eigenvalue weighted by Crippen LogP contribution is 2.39. The molecule has 0 radical (unpaired) electrons. The summed E-state index contributed by atoms with van der Waals surface area (Å²) in [6.45, 7) is 7.09. The number of nitrogens with zero attached hydrogens (tertiary/aromatic N) is 1. The van der Waals surface area contributed by atoms with Gasteiger partial charge in [-0.05, 0) is 51.6 Å². The van der Waals surface area contributed by atoms with Crippen molar-refractivity contribution >= 4 is 43.9 Å². The third-order valence-corrected chi connectivity index (χ3v) is 3.31. The summed E-state index contributed by atoms with van der Waals surface area (Å²) < 4.78 is 16.2. The molecule has 1 atom stereocenters. The van der Waals surface area contributed by atoms with Gasteiger partial charge in [0.25, 0.3) is 9.39 Å². The van der Waals surface area contributed by atoms with E-state index in [0.717, 1.165) is 4.90 Å². The third kappa shape index (κ3) is 2.81. The molecule has 0 aromatic heterocycles. The lowest BCUT2D eigenvalue weighted by molar-refractivity contribution is -0.133. The van der Waals surface area contributed by atoms with Crippen LogP contribution in [0, 0.1) is 5.92 Å². The molecule has 2 amide bonds. The van der Waals surface area contributed by atoms with Gasteiger partial charge >= 0.3 is 6.09 Å². The summed E-state index contributed by atoms with van der Waals surface area (Å²) in [5.41, 5.74) is -0.827. The highest BCUT2D eigenvalue weighted by molar-refractivity contribution is 9.25. The van der Waals surface area contributed by atoms with Gasteiger partial charge in [0.15, 0.2) is 0 Å². The molecule has 0 aliphatic carbocycles. The first-order valence-electron chi connectivity index (χ1n) is 5.12. The maximum absolute atomic E-state index is 13.5. The number of hydrogen-bond acceptors (Lipinski definition) is 3. The first kappa shape index (κ1) is 14.9. The van der Waals surface area contributed by atoms with E-state index < -0.39 is 27.1 Å². The van der Waals surface area contributed by atoms with Gasteiger partial charge in [-0.3, -0.25) is 4.79 Å². The van der Waals surface area contributed by atoms with E-state index >= 15 is 0 Å². The molecule has 0 N–H and O–H groups in total. The predicted octanol–water partition coefficient (Wildman–Crippen LogP) is 3.18. The zero-order valence-electron chi connectivity index (χ0n) is 9.96. The largest absolute Gasteiger partial charge is 0.441 e. The SMILES string of the molecule is CC(C)[C@@H]1N(C(=O)C(F)(Br)Br)C(=O)OC1(C)C. The molecule has 0 aromatic carbocycles. The highest BCUT2D eigenvalue weighted by atomic mass is 79.9. The van der Waals surface area contributed by atoms with Gasteiger partial charge in [0, 0.05) is 0 Å². The summed E-state index contributed by atoms with van der Waals surface area (Å²) >= 11 is 5.09. The van der Waals surface area contributed by atoms with Crippen LogP contribution in [0.4, 0.5) is 9.18 Å². The number of hydrogen-bond donors (Lipinski definition) is 0. The topological polar surface area (TPSA) is 46.6 Å². The van der Waals surface area contributed by atoms with Crippen LogP contribution in [-0.4, -0.2) is 32.0 Å². The molecular formula is C10H14Br2FNO3. The second-order valence-corrected chi connectivity index (χ2v) is 8.08. The molecule has 0 saturated carbocycles. The molecule has 1 aliphatic heterocycles. The zero-order chi connectivity index (χ0) is 13.6. The number of carbonyl (C=O) groups excluding carboxylic acids is 2. The quantitative estimate of drug-likeness (QED) is 0.697. The lowest BCUT2D eigenvalue weighted by atomic mass is 9.89. The van der Waals surface area contributed by atoms with E-state index in [1.54, 1.807) is 13.8 Å². The molecule has 98 valence electrons. The summed E-state index contributed by atoms with van der Waals surface area (Å²) in [7, 11) is 0. The monoisotopic (exact) mass is 373 g/mol.